The Morgan fingerprint density at radius 2 is 1.73 bits per heavy atom. The summed E-state index contributed by atoms with van der Waals surface area (Å²) in [6, 6.07) is 13.5. The van der Waals surface area contributed by atoms with Crippen LogP contribution in [0.3, 0.4) is 0 Å². The molecular formula is C23H25N3O6S. The number of ether oxygens (including phenoxy) is 2. The van der Waals surface area contributed by atoms with Crippen LogP contribution in [0.25, 0.3) is 0 Å². The second-order valence-corrected chi connectivity index (χ2v) is 9.41. The van der Waals surface area contributed by atoms with E-state index in [-0.39, 0.29) is 15.8 Å². The van der Waals surface area contributed by atoms with Gasteiger partial charge in [0.1, 0.15) is 18.0 Å². The SMILES string of the molecule is COc1ccc(NC(=O)Cn2nc(S(=O)(=O)c3ccc(C(C)C)cc3)ccc2=O)c(OC)c1. The van der Waals surface area contributed by atoms with Gasteiger partial charge >= 0.3 is 0 Å². The molecule has 2 aromatic carbocycles. The van der Waals surface area contributed by atoms with E-state index in [0.717, 1.165) is 22.4 Å². The number of methoxy groups -OCH3 is 2. The minimum absolute atomic E-state index is 0.0528. The topological polar surface area (TPSA) is 117 Å². The molecule has 0 spiro atoms. The number of nitrogens with zero attached hydrogens (tertiary/aromatic N) is 2. The largest absolute Gasteiger partial charge is 0.497 e. The highest BCUT2D eigenvalue weighted by Gasteiger charge is 2.21. The van der Waals surface area contributed by atoms with Gasteiger partial charge in [0, 0.05) is 12.1 Å². The first-order valence-corrected chi connectivity index (χ1v) is 11.6. The van der Waals surface area contributed by atoms with Gasteiger partial charge in [-0.05, 0) is 41.8 Å². The van der Waals surface area contributed by atoms with Crippen LogP contribution in [0, 0.1) is 0 Å². The monoisotopic (exact) mass is 471 g/mol. The zero-order chi connectivity index (χ0) is 24.2. The molecule has 3 rings (SSSR count). The number of hydrogen-bond donors (Lipinski definition) is 1. The molecule has 1 amide bonds. The Labute approximate surface area is 191 Å². The maximum atomic E-state index is 13.0. The summed E-state index contributed by atoms with van der Waals surface area (Å²) < 4.78 is 37.2. The van der Waals surface area contributed by atoms with Crippen molar-refractivity contribution in [2.45, 2.75) is 36.2 Å². The number of hydrogen-bond acceptors (Lipinski definition) is 7. The fourth-order valence-corrected chi connectivity index (χ4v) is 4.26. The van der Waals surface area contributed by atoms with Crippen LogP contribution in [0.5, 0.6) is 11.5 Å². The highest BCUT2D eigenvalue weighted by molar-refractivity contribution is 7.91. The summed E-state index contributed by atoms with van der Waals surface area (Å²) in [4.78, 5) is 24.8. The predicted molar refractivity (Wildman–Crippen MR) is 123 cm³/mol. The fourth-order valence-electron chi connectivity index (χ4n) is 3.07. The summed E-state index contributed by atoms with van der Waals surface area (Å²) in [5.41, 5.74) is 0.754. The van der Waals surface area contributed by atoms with E-state index in [9.17, 15) is 18.0 Å². The molecule has 9 nitrogen and oxygen atoms in total. The van der Waals surface area contributed by atoms with Gasteiger partial charge < -0.3 is 14.8 Å². The summed E-state index contributed by atoms with van der Waals surface area (Å²) in [6.45, 7) is 3.53. The third-order valence-electron chi connectivity index (χ3n) is 4.95. The lowest BCUT2D eigenvalue weighted by atomic mass is 10.0. The van der Waals surface area contributed by atoms with Crippen molar-refractivity contribution in [3.8, 4) is 11.5 Å². The van der Waals surface area contributed by atoms with Crippen LogP contribution in [-0.2, 0) is 21.2 Å². The molecule has 10 heteroatoms. The molecule has 174 valence electrons. The lowest BCUT2D eigenvalue weighted by Crippen LogP contribution is -2.30. The molecule has 0 aliphatic rings. The lowest BCUT2D eigenvalue weighted by Gasteiger charge is -2.12. The second kappa shape index (κ2) is 9.86. The molecule has 0 atom stereocenters. The van der Waals surface area contributed by atoms with E-state index >= 15 is 0 Å². The molecule has 0 radical (unpaired) electrons. The number of nitrogens with one attached hydrogen (secondary N) is 1. The summed E-state index contributed by atoms with van der Waals surface area (Å²) in [5.74, 6) is 0.583. The number of aromatic nitrogens is 2. The lowest BCUT2D eigenvalue weighted by molar-refractivity contribution is -0.117. The number of rotatable bonds is 8. The first kappa shape index (κ1) is 24.0. The maximum Gasteiger partial charge on any atom is 0.267 e. The van der Waals surface area contributed by atoms with Crippen molar-refractivity contribution >= 4 is 21.4 Å². The molecule has 0 saturated carbocycles. The van der Waals surface area contributed by atoms with Crippen molar-refractivity contribution < 1.29 is 22.7 Å². The van der Waals surface area contributed by atoms with Gasteiger partial charge in [-0.1, -0.05) is 26.0 Å². The third kappa shape index (κ3) is 5.40. The first-order valence-electron chi connectivity index (χ1n) is 10.1. The third-order valence-corrected chi connectivity index (χ3v) is 6.61. The van der Waals surface area contributed by atoms with Crippen LogP contribution in [0.1, 0.15) is 25.3 Å². The number of sulfone groups is 1. The number of anilines is 1. The molecule has 0 aliphatic carbocycles. The maximum absolute atomic E-state index is 13.0. The van der Waals surface area contributed by atoms with Crippen molar-refractivity contribution in [3.63, 3.8) is 0 Å². The van der Waals surface area contributed by atoms with Crippen LogP contribution in [0.4, 0.5) is 5.69 Å². The minimum Gasteiger partial charge on any atom is -0.497 e. The summed E-state index contributed by atoms with van der Waals surface area (Å²) in [5, 5.41) is 6.24. The molecule has 0 bridgehead atoms. The van der Waals surface area contributed by atoms with E-state index in [1.54, 1.807) is 30.3 Å². The average molecular weight is 472 g/mol. The predicted octanol–water partition coefficient (Wildman–Crippen LogP) is 2.86. The van der Waals surface area contributed by atoms with Crippen molar-refractivity contribution in [1.29, 1.82) is 0 Å². The highest BCUT2D eigenvalue weighted by Crippen LogP contribution is 2.29. The smallest absolute Gasteiger partial charge is 0.267 e. The molecule has 1 heterocycles. The van der Waals surface area contributed by atoms with Gasteiger partial charge in [0.2, 0.25) is 15.7 Å². The molecule has 0 saturated heterocycles. The molecule has 0 unspecified atom stereocenters. The Morgan fingerprint density at radius 1 is 1.03 bits per heavy atom. The minimum atomic E-state index is -3.97. The highest BCUT2D eigenvalue weighted by atomic mass is 32.2. The fraction of sp³-hybridized carbons (Fsp3) is 0.261. The molecule has 33 heavy (non-hydrogen) atoms. The van der Waals surface area contributed by atoms with Crippen LogP contribution >= 0.6 is 0 Å². The van der Waals surface area contributed by atoms with Gasteiger partial charge in [0.05, 0.1) is 24.8 Å². The van der Waals surface area contributed by atoms with Crippen LogP contribution in [-0.4, -0.2) is 38.3 Å². The number of carbonyl (C=O) groups excluding carboxylic acids is 1. The van der Waals surface area contributed by atoms with Crippen molar-refractivity contribution in [3.05, 3.63) is 70.5 Å². The van der Waals surface area contributed by atoms with E-state index in [2.05, 4.69) is 10.4 Å². The summed E-state index contributed by atoms with van der Waals surface area (Å²) in [7, 11) is -1.02. The van der Waals surface area contributed by atoms with Crippen molar-refractivity contribution in [1.82, 2.24) is 9.78 Å². The van der Waals surface area contributed by atoms with Crippen LogP contribution < -0.4 is 20.3 Å². The Balaban J connectivity index is 1.84. The van der Waals surface area contributed by atoms with Gasteiger partial charge in [-0.3, -0.25) is 9.59 Å². The van der Waals surface area contributed by atoms with Crippen molar-refractivity contribution in [2.75, 3.05) is 19.5 Å². The van der Waals surface area contributed by atoms with Gasteiger partial charge in [0.25, 0.3) is 5.56 Å². The quantitative estimate of drug-likeness (QED) is 0.537. The van der Waals surface area contributed by atoms with Gasteiger partial charge in [-0.25, -0.2) is 13.1 Å². The van der Waals surface area contributed by atoms with Gasteiger partial charge in [0.15, 0.2) is 5.03 Å². The van der Waals surface area contributed by atoms with Crippen LogP contribution in [0.2, 0.25) is 0 Å². The van der Waals surface area contributed by atoms with E-state index in [0.29, 0.717) is 17.2 Å². The Morgan fingerprint density at radius 3 is 2.33 bits per heavy atom. The zero-order valence-corrected chi connectivity index (χ0v) is 19.5. The van der Waals surface area contributed by atoms with Gasteiger partial charge in [-0.15, -0.1) is 0 Å². The molecule has 3 aromatic rings. The molecule has 1 aromatic heterocycles. The Bertz CT molecular complexity index is 1310. The van der Waals surface area contributed by atoms with E-state index in [4.69, 9.17) is 9.47 Å². The Hall–Kier alpha value is -3.66. The Kier molecular flexibility index (Phi) is 7.17. The second-order valence-electron chi connectivity index (χ2n) is 7.51. The normalized spacial score (nSPS) is 11.3. The summed E-state index contributed by atoms with van der Waals surface area (Å²) >= 11 is 0. The van der Waals surface area contributed by atoms with Crippen molar-refractivity contribution in [2.24, 2.45) is 0 Å². The number of amides is 1. The number of benzene rings is 2. The van der Waals surface area contributed by atoms with Gasteiger partial charge in [-0.2, -0.15) is 5.10 Å². The van der Waals surface area contributed by atoms with E-state index in [1.165, 1.54) is 26.4 Å². The van der Waals surface area contributed by atoms with E-state index < -0.39 is 27.8 Å². The van der Waals surface area contributed by atoms with Crippen LogP contribution in [0.15, 0.2) is 69.3 Å². The average Bonchev–Trinajstić information content (AvgIpc) is 2.80. The number of carbonyl (C=O) groups is 1. The first-order chi connectivity index (χ1) is 15.6. The molecular weight excluding hydrogens is 446 g/mol. The standard InChI is InChI=1S/C23H25N3O6S/c1-15(2)16-5-8-18(9-6-16)33(29,30)22-11-12-23(28)26(25-22)14-21(27)24-19-10-7-17(31-3)13-20(19)32-4/h5-13,15H,14H2,1-4H3,(H,24,27). The van der Waals surface area contributed by atoms with E-state index in [1.807, 2.05) is 13.8 Å². The zero-order valence-electron chi connectivity index (χ0n) is 18.7. The molecule has 0 aliphatic heterocycles. The molecule has 0 fully saturated rings. The summed E-state index contributed by atoms with van der Waals surface area (Å²) in [6.07, 6.45) is 0. The molecule has 1 N–H and O–H groups in total.